The molecule has 1 aliphatic heterocycles. The molecule has 0 aromatic heterocycles. The smallest absolute Gasteiger partial charge is 0.322 e. The second-order valence-corrected chi connectivity index (χ2v) is 3.93. The normalized spacial score (nSPS) is 17.8. The van der Waals surface area contributed by atoms with Crippen molar-refractivity contribution in [1.82, 2.24) is 0 Å². The largest absolute Gasteiger partial charge is 0.465 e. The highest BCUT2D eigenvalue weighted by Gasteiger charge is 2.27. The molecule has 0 aliphatic carbocycles. The van der Waals surface area contributed by atoms with Crippen LogP contribution in [0.4, 0.5) is 0 Å². The summed E-state index contributed by atoms with van der Waals surface area (Å²) < 4.78 is 4.81. The van der Waals surface area contributed by atoms with Crippen molar-refractivity contribution in [3.05, 3.63) is 33.8 Å². The topological polar surface area (TPSA) is 55.7 Å². The fraction of sp³-hybridized carbons (Fsp3) is 0.250. The van der Waals surface area contributed by atoms with E-state index in [4.69, 9.17) is 16.3 Å². The first-order valence-electron chi connectivity index (χ1n) is 5.19. The van der Waals surface area contributed by atoms with Crippen molar-refractivity contribution in [3.8, 4) is 0 Å². The number of ether oxygens (including phenoxy) is 1. The van der Waals surface area contributed by atoms with Crippen molar-refractivity contribution >= 4 is 29.6 Å². The average Bonchev–Trinajstić information content (AvgIpc) is 2.29. The van der Waals surface area contributed by atoms with E-state index in [1.54, 1.807) is 25.1 Å². The second kappa shape index (κ2) is 4.67. The van der Waals surface area contributed by atoms with Gasteiger partial charge in [-0.2, -0.15) is 0 Å². The molecule has 17 heavy (non-hydrogen) atoms. The quantitative estimate of drug-likeness (QED) is 0.567. The minimum atomic E-state index is -0.984. The lowest BCUT2D eigenvalue weighted by molar-refractivity contribution is -0.148. The van der Waals surface area contributed by atoms with Crippen LogP contribution in [0.25, 0.3) is 6.08 Å². The minimum Gasteiger partial charge on any atom is -0.465 e. The van der Waals surface area contributed by atoms with Gasteiger partial charge in [0.1, 0.15) is 0 Å². The lowest BCUT2D eigenvalue weighted by Gasteiger charge is -2.11. The maximum Gasteiger partial charge on any atom is 0.322 e. The molecule has 1 amide bonds. The molecule has 2 rings (SSSR count). The number of nitrogens with zero attached hydrogens (tertiary/aromatic N) is 1. The van der Waals surface area contributed by atoms with Crippen molar-refractivity contribution in [3.63, 3.8) is 0 Å². The lowest BCUT2D eigenvalue weighted by Crippen LogP contribution is -2.37. The number of carbonyl (C=O) groups is 2. The van der Waals surface area contributed by atoms with Crippen LogP contribution >= 0.6 is 11.6 Å². The van der Waals surface area contributed by atoms with Crippen LogP contribution < -0.4 is 10.6 Å². The van der Waals surface area contributed by atoms with Crippen LogP contribution in [-0.2, 0) is 14.3 Å². The zero-order valence-corrected chi connectivity index (χ0v) is 9.90. The summed E-state index contributed by atoms with van der Waals surface area (Å²) in [5.74, 6) is -2.09. The van der Waals surface area contributed by atoms with Gasteiger partial charge in [-0.15, -0.1) is 0 Å². The van der Waals surface area contributed by atoms with E-state index in [0.717, 1.165) is 0 Å². The molecule has 1 aromatic carbocycles. The molecule has 1 aromatic rings. The van der Waals surface area contributed by atoms with E-state index >= 15 is 0 Å². The molecule has 0 N–H and O–H groups in total. The van der Waals surface area contributed by atoms with Gasteiger partial charge in [-0.3, -0.25) is 9.59 Å². The molecule has 1 atom stereocenters. The third-order valence-corrected chi connectivity index (χ3v) is 2.73. The first kappa shape index (κ1) is 11.8. The number of hydrogen-bond acceptors (Lipinski definition) is 3. The molecule has 1 aliphatic rings. The number of amides is 1. The number of halogens is 1. The standard InChI is InChI=1S/C12H10ClNO3/c1-2-17-12(16)8-6-7-9(13)4-3-5-10(7)14-11(8)15/h3-6,8H,2H2,1H3. The Labute approximate surface area is 103 Å². The van der Waals surface area contributed by atoms with Gasteiger partial charge in [-0.05, 0) is 19.1 Å². The van der Waals surface area contributed by atoms with Gasteiger partial charge in [0.2, 0.25) is 0 Å². The number of hydrogen-bond donors (Lipinski definition) is 0. The first-order chi connectivity index (χ1) is 8.13. The Hall–Kier alpha value is -1.68. The van der Waals surface area contributed by atoms with Gasteiger partial charge in [0.25, 0.3) is 5.91 Å². The third-order valence-electron chi connectivity index (χ3n) is 2.40. The van der Waals surface area contributed by atoms with Crippen molar-refractivity contribution in [2.24, 2.45) is 10.9 Å². The van der Waals surface area contributed by atoms with E-state index < -0.39 is 17.8 Å². The van der Waals surface area contributed by atoms with Crippen molar-refractivity contribution in [2.75, 3.05) is 6.61 Å². The molecule has 88 valence electrons. The predicted octanol–water partition coefficient (Wildman–Crippen LogP) is 0.460. The van der Waals surface area contributed by atoms with Gasteiger partial charge in [-0.25, -0.2) is 4.99 Å². The van der Waals surface area contributed by atoms with Gasteiger partial charge < -0.3 is 4.74 Å². The first-order valence-corrected chi connectivity index (χ1v) is 5.57. The van der Waals surface area contributed by atoms with E-state index in [0.29, 0.717) is 15.6 Å². The van der Waals surface area contributed by atoms with E-state index in [1.165, 1.54) is 6.08 Å². The van der Waals surface area contributed by atoms with E-state index in [9.17, 15) is 9.59 Å². The Kier molecular flexibility index (Phi) is 3.24. The van der Waals surface area contributed by atoms with Crippen LogP contribution in [0.15, 0.2) is 23.2 Å². The number of carbonyl (C=O) groups excluding carboxylic acids is 2. The molecule has 1 unspecified atom stereocenters. The Morgan fingerprint density at radius 2 is 2.29 bits per heavy atom. The van der Waals surface area contributed by atoms with Crippen LogP contribution in [0.5, 0.6) is 0 Å². The molecule has 0 saturated carbocycles. The maximum atomic E-state index is 11.6. The second-order valence-electron chi connectivity index (χ2n) is 3.52. The minimum absolute atomic E-state index is 0.228. The van der Waals surface area contributed by atoms with Crippen LogP contribution in [-0.4, -0.2) is 18.5 Å². The van der Waals surface area contributed by atoms with Crippen LogP contribution in [0.1, 0.15) is 6.92 Å². The summed E-state index contributed by atoms with van der Waals surface area (Å²) in [4.78, 5) is 27.0. The Morgan fingerprint density at radius 3 is 3.00 bits per heavy atom. The monoisotopic (exact) mass is 251 g/mol. The Balaban J connectivity index is 2.52. The van der Waals surface area contributed by atoms with E-state index in [1.807, 2.05) is 0 Å². The maximum absolute atomic E-state index is 11.6. The fourth-order valence-electron chi connectivity index (χ4n) is 1.62. The van der Waals surface area contributed by atoms with Gasteiger partial charge >= 0.3 is 5.97 Å². The SMILES string of the molecule is CCOC(=O)C1C=c2c(Cl)cccc2=NC1=O. The van der Waals surface area contributed by atoms with E-state index in [2.05, 4.69) is 4.99 Å². The molecular weight excluding hydrogens is 242 g/mol. The highest BCUT2D eigenvalue weighted by atomic mass is 35.5. The van der Waals surface area contributed by atoms with Crippen molar-refractivity contribution in [2.45, 2.75) is 6.92 Å². The molecule has 1 heterocycles. The highest BCUT2D eigenvalue weighted by molar-refractivity contribution is 6.30. The molecule has 0 fully saturated rings. The van der Waals surface area contributed by atoms with Gasteiger partial charge in [0, 0.05) is 10.2 Å². The molecule has 5 heteroatoms. The van der Waals surface area contributed by atoms with E-state index in [-0.39, 0.29) is 6.61 Å². The molecule has 0 saturated heterocycles. The number of fused-ring (bicyclic) bond motifs is 1. The highest BCUT2D eigenvalue weighted by Crippen LogP contribution is 2.09. The van der Waals surface area contributed by atoms with Gasteiger partial charge in [-0.1, -0.05) is 23.7 Å². The fourth-order valence-corrected chi connectivity index (χ4v) is 1.85. The van der Waals surface area contributed by atoms with Gasteiger partial charge in [0.15, 0.2) is 5.92 Å². The van der Waals surface area contributed by atoms with Crippen molar-refractivity contribution in [1.29, 1.82) is 0 Å². The van der Waals surface area contributed by atoms with Crippen LogP contribution in [0.3, 0.4) is 0 Å². The van der Waals surface area contributed by atoms with Crippen LogP contribution in [0, 0.1) is 5.92 Å². The van der Waals surface area contributed by atoms with Crippen LogP contribution in [0.2, 0.25) is 5.02 Å². The van der Waals surface area contributed by atoms with Gasteiger partial charge in [0.05, 0.1) is 12.0 Å². The predicted molar refractivity (Wildman–Crippen MR) is 61.8 cm³/mol. The Bertz CT molecular complexity index is 594. The summed E-state index contributed by atoms with van der Waals surface area (Å²) in [7, 11) is 0. The van der Waals surface area contributed by atoms with Crippen molar-refractivity contribution < 1.29 is 14.3 Å². The molecule has 0 radical (unpaired) electrons. The average molecular weight is 252 g/mol. The molecular formula is C12H10ClNO3. The number of benzene rings is 1. The number of rotatable bonds is 2. The zero-order chi connectivity index (χ0) is 12.4. The molecule has 0 bridgehead atoms. The summed E-state index contributed by atoms with van der Waals surface area (Å²) in [5.41, 5.74) is 0. The summed E-state index contributed by atoms with van der Waals surface area (Å²) in [5, 5.41) is 1.56. The summed E-state index contributed by atoms with van der Waals surface area (Å²) >= 11 is 5.98. The summed E-state index contributed by atoms with van der Waals surface area (Å²) in [6.45, 7) is 1.91. The molecule has 4 nitrogen and oxygen atoms in total. The summed E-state index contributed by atoms with van der Waals surface area (Å²) in [6.07, 6.45) is 1.50. The Morgan fingerprint density at radius 1 is 1.53 bits per heavy atom. The molecule has 0 spiro atoms. The summed E-state index contributed by atoms with van der Waals surface area (Å²) in [6, 6.07) is 5.07. The zero-order valence-electron chi connectivity index (χ0n) is 9.14. The number of esters is 1. The third kappa shape index (κ3) is 2.22. The lowest BCUT2D eigenvalue weighted by atomic mass is 10.0.